The van der Waals surface area contributed by atoms with Crippen LogP contribution in [0.2, 0.25) is 0 Å². The van der Waals surface area contributed by atoms with Gasteiger partial charge in [-0.1, -0.05) is 32.9 Å². The maximum atomic E-state index is 5.77. The van der Waals surface area contributed by atoms with Crippen LogP contribution in [0.15, 0.2) is 24.3 Å². The Bertz CT molecular complexity index is 341. The van der Waals surface area contributed by atoms with Gasteiger partial charge in [0.2, 0.25) is 0 Å². The van der Waals surface area contributed by atoms with E-state index in [1.165, 1.54) is 5.56 Å². The Morgan fingerprint density at radius 2 is 2.00 bits per heavy atom. The van der Waals surface area contributed by atoms with Crippen molar-refractivity contribution in [3.05, 3.63) is 29.8 Å². The SMILES string of the molecule is CNC(CCOc1cccc(C)c1)C(C)(C)C. The number of rotatable bonds is 5. The Labute approximate surface area is 105 Å². The quantitative estimate of drug-likeness (QED) is 0.844. The van der Waals surface area contributed by atoms with Gasteiger partial charge in [-0.3, -0.25) is 0 Å². The van der Waals surface area contributed by atoms with Crippen molar-refractivity contribution >= 4 is 0 Å². The van der Waals surface area contributed by atoms with Crippen molar-refractivity contribution in [2.75, 3.05) is 13.7 Å². The minimum absolute atomic E-state index is 0.269. The molecule has 0 heterocycles. The minimum Gasteiger partial charge on any atom is -0.494 e. The minimum atomic E-state index is 0.269. The topological polar surface area (TPSA) is 21.3 Å². The van der Waals surface area contributed by atoms with Crippen molar-refractivity contribution in [2.45, 2.75) is 40.2 Å². The lowest BCUT2D eigenvalue weighted by Crippen LogP contribution is -2.39. The molecule has 1 atom stereocenters. The van der Waals surface area contributed by atoms with Crippen LogP contribution in [-0.4, -0.2) is 19.7 Å². The number of aryl methyl sites for hydroxylation is 1. The predicted molar refractivity (Wildman–Crippen MR) is 73.6 cm³/mol. The van der Waals surface area contributed by atoms with Gasteiger partial charge in [0, 0.05) is 6.04 Å². The van der Waals surface area contributed by atoms with Gasteiger partial charge < -0.3 is 10.1 Å². The molecule has 1 N–H and O–H groups in total. The van der Waals surface area contributed by atoms with Gasteiger partial charge in [-0.2, -0.15) is 0 Å². The Balaban J connectivity index is 2.42. The van der Waals surface area contributed by atoms with Crippen molar-refractivity contribution in [2.24, 2.45) is 5.41 Å². The molecule has 1 unspecified atom stereocenters. The third-order valence-corrected chi connectivity index (χ3v) is 3.06. The summed E-state index contributed by atoms with van der Waals surface area (Å²) in [6, 6.07) is 8.68. The van der Waals surface area contributed by atoms with Gasteiger partial charge in [-0.25, -0.2) is 0 Å². The zero-order valence-electron chi connectivity index (χ0n) is 11.7. The average Bonchev–Trinajstić information content (AvgIpc) is 2.22. The molecule has 2 heteroatoms. The second-order valence-corrected chi connectivity index (χ2v) is 5.66. The molecule has 1 aromatic rings. The van der Waals surface area contributed by atoms with E-state index in [4.69, 9.17) is 4.74 Å². The standard InChI is InChI=1S/C15H25NO/c1-12-7-6-8-13(11-12)17-10-9-14(16-5)15(2,3)4/h6-8,11,14,16H,9-10H2,1-5H3. The highest BCUT2D eigenvalue weighted by molar-refractivity contribution is 5.27. The zero-order chi connectivity index (χ0) is 12.9. The van der Waals surface area contributed by atoms with Crippen molar-refractivity contribution in [3.63, 3.8) is 0 Å². The Morgan fingerprint density at radius 3 is 2.53 bits per heavy atom. The highest BCUT2D eigenvalue weighted by Crippen LogP contribution is 2.22. The summed E-state index contributed by atoms with van der Waals surface area (Å²) in [5, 5.41) is 3.36. The molecule has 0 amide bonds. The number of nitrogens with one attached hydrogen (secondary N) is 1. The van der Waals surface area contributed by atoms with E-state index in [1.54, 1.807) is 0 Å². The van der Waals surface area contributed by atoms with Gasteiger partial charge in [0.1, 0.15) is 5.75 Å². The van der Waals surface area contributed by atoms with Gasteiger partial charge in [-0.15, -0.1) is 0 Å². The van der Waals surface area contributed by atoms with Crippen LogP contribution in [0.1, 0.15) is 32.8 Å². The van der Waals surface area contributed by atoms with E-state index < -0.39 is 0 Å². The summed E-state index contributed by atoms with van der Waals surface area (Å²) in [5.74, 6) is 0.966. The fourth-order valence-corrected chi connectivity index (χ4v) is 2.01. The summed E-state index contributed by atoms with van der Waals surface area (Å²) in [6.07, 6.45) is 1.02. The summed E-state index contributed by atoms with van der Waals surface area (Å²) in [6.45, 7) is 9.59. The molecule has 2 nitrogen and oxygen atoms in total. The van der Waals surface area contributed by atoms with Crippen LogP contribution in [-0.2, 0) is 0 Å². The van der Waals surface area contributed by atoms with Crippen LogP contribution in [0, 0.1) is 12.3 Å². The molecule has 0 fully saturated rings. The monoisotopic (exact) mass is 235 g/mol. The van der Waals surface area contributed by atoms with Crippen molar-refractivity contribution in [1.82, 2.24) is 5.32 Å². The largest absolute Gasteiger partial charge is 0.494 e. The lowest BCUT2D eigenvalue weighted by molar-refractivity contribution is 0.216. The van der Waals surface area contributed by atoms with Gasteiger partial charge >= 0.3 is 0 Å². The van der Waals surface area contributed by atoms with Gasteiger partial charge in [0.05, 0.1) is 6.61 Å². The van der Waals surface area contributed by atoms with E-state index >= 15 is 0 Å². The van der Waals surface area contributed by atoms with Crippen molar-refractivity contribution in [3.8, 4) is 5.75 Å². The number of benzene rings is 1. The number of hydrogen-bond donors (Lipinski definition) is 1. The summed E-state index contributed by atoms with van der Waals surface area (Å²) in [7, 11) is 2.02. The maximum Gasteiger partial charge on any atom is 0.119 e. The first-order valence-electron chi connectivity index (χ1n) is 6.30. The summed E-state index contributed by atoms with van der Waals surface area (Å²) >= 11 is 0. The highest BCUT2D eigenvalue weighted by Gasteiger charge is 2.22. The molecule has 17 heavy (non-hydrogen) atoms. The van der Waals surface area contributed by atoms with Crippen LogP contribution in [0.3, 0.4) is 0 Å². The zero-order valence-corrected chi connectivity index (χ0v) is 11.7. The molecule has 0 spiro atoms. The van der Waals surface area contributed by atoms with E-state index in [1.807, 2.05) is 19.2 Å². The molecule has 96 valence electrons. The van der Waals surface area contributed by atoms with Crippen LogP contribution < -0.4 is 10.1 Å². The van der Waals surface area contributed by atoms with Crippen LogP contribution in [0.25, 0.3) is 0 Å². The molecule has 0 saturated carbocycles. The first-order valence-corrected chi connectivity index (χ1v) is 6.30. The molecule has 0 aromatic heterocycles. The number of ether oxygens (including phenoxy) is 1. The van der Waals surface area contributed by atoms with E-state index in [0.717, 1.165) is 18.8 Å². The average molecular weight is 235 g/mol. The third-order valence-electron chi connectivity index (χ3n) is 3.06. The van der Waals surface area contributed by atoms with Crippen molar-refractivity contribution < 1.29 is 4.74 Å². The second kappa shape index (κ2) is 6.06. The van der Waals surface area contributed by atoms with Gasteiger partial charge in [-0.05, 0) is 43.5 Å². The molecule has 0 bridgehead atoms. The van der Waals surface area contributed by atoms with Crippen molar-refractivity contribution in [1.29, 1.82) is 0 Å². The lowest BCUT2D eigenvalue weighted by Gasteiger charge is -2.30. The third kappa shape index (κ3) is 4.78. The highest BCUT2D eigenvalue weighted by atomic mass is 16.5. The van der Waals surface area contributed by atoms with E-state index in [-0.39, 0.29) is 5.41 Å². The summed E-state index contributed by atoms with van der Waals surface area (Å²) in [4.78, 5) is 0. The predicted octanol–water partition coefficient (Wildman–Crippen LogP) is 3.40. The van der Waals surface area contributed by atoms with E-state index in [0.29, 0.717) is 6.04 Å². The molecule has 1 aromatic carbocycles. The first-order chi connectivity index (χ1) is 7.93. The molecule has 0 aliphatic heterocycles. The molecule has 0 saturated heterocycles. The molecular formula is C15H25NO. The van der Waals surface area contributed by atoms with E-state index in [2.05, 4.69) is 45.1 Å². The second-order valence-electron chi connectivity index (χ2n) is 5.66. The molecular weight excluding hydrogens is 210 g/mol. The summed E-state index contributed by atoms with van der Waals surface area (Å²) < 4.78 is 5.77. The lowest BCUT2D eigenvalue weighted by atomic mass is 9.85. The van der Waals surface area contributed by atoms with Crippen LogP contribution >= 0.6 is 0 Å². The molecule has 1 rings (SSSR count). The normalized spacial score (nSPS) is 13.5. The fourth-order valence-electron chi connectivity index (χ4n) is 2.01. The Hall–Kier alpha value is -1.02. The molecule has 0 aliphatic carbocycles. The van der Waals surface area contributed by atoms with E-state index in [9.17, 15) is 0 Å². The smallest absolute Gasteiger partial charge is 0.119 e. The fraction of sp³-hybridized carbons (Fsp3) is 0.600. The van der Waals surface area contributed by atoms with Crippen LogP contribution in [0.5, 0.6) is 5.75 Å². The Kier molecular flexibility index (Phi) is 5.01. The summed E-state index contributed by atoms with van der Waals surface area (Å²) in [5.41, 5.74) is 1.51. The molecule has 0 aliphatic rings. The Morgan fingerprint density at radius 1 is 1.29 bits per heavy atom. The molecule has 0 radical (unpaired) electrons. The van der Waals surface area contributed by atoms with Gasteiger partial charge in [0.25, 0.3) is 0 Å². The van der Waals surface area contributed by atoms with Gasteiger partial charge in [0.15, 0.2) is 0 Å². The van der Waals surface area contributed by atoms with Crippen LogP contribution in [0.4, 0.5) is 0 Å². The number of hydrogen-bond acceptors (Lipinski definition) is 2. The first kappa shape index (κ1) is 14.0. The maximum absolute atomic E-state index is 5.77.